The minimum atomic E-state index is -0.481. The summed E-state index contributed by atoms with van der Waals surface area (Å²) in [7, 11) is 0. The molecule has 1 rings (SSSR count). The van der Waals surface area contributed by atoms with Gasteiger partial charge in [0.25, 0.3) is 0 Å². The number of esters is 1. The van der Waals surface area contributed by atoms with E-state index in [-0.39, 0.29) is 11.9 Å². The molecular formula is C20H34N2O4. The van der Waals surface area contributed by atoms with Crippen LogP contribution in [0.25, 0.3) is 0 Å². The summed E-state index contributed by atoms with van der Waals surface area (Å²) in [5.74, 6) is 0.185. The van der Waals surface area contributed by atoms with E-state index in [0.717, 1.165) is 37.8 Å². The quantitative estimate of drug-likeness (QED) is 0.385. The van der Waals surface area contributed by atoms with Crippen LogP contribution in [0.3, 0.4) is 0 Å². The molecule has 0 unspecified atom stereocenters. The Kier molecular flexibility index (Phi) is 17.4. The molecule has 0 spiro atoms. The van der Waals surface area contributed by atoms with Crippen LogP contribution in [0.5, 0.6) is 0 Å². The predicted molar refractivity (Wildman–Crippen MR) is 105 cm³/mol. The molecule has 0 radical (unpaired) electrons. The van der Waals surface area contributed by atoms with Gasteiger partial charge in [-0.1, -0.05) is 52.8 Å². The fourth-order valence-corrected chi connectivity index (χ4v) is 1.93. The molecule has 6 heteroatoms. The third kappa shape index (κ3) is 18.0. The van der Waals surface area contributed by atoms with E-state index in [1.807, 2.05) is 0 Å². The highest BCUT2D eigenvalue weighted by molar-refractivity contribution is 5.85. The Morgan fingerprint density at radius 2 is 1.81 bits per heavy atom. The highest BCUT2D eigenvalue weighted by Crippen LogP contribution is 2.08. The molecular weight excluding hydrogens is 332 g/mol. The van der Waals surface area contributed by atoms with Gasteiger partial charge in [-0.15, -0.1) is 0 Å². The van der Waals surface area contributed by atoms with Gasteiger partial charge in [0.1, 0.15) is 0 Å². The van der Waals surface area contributed by atoms with Gasteiger partial charge in [0.15, 0.2) is 0 Å². The number of carbonyl (C=O) groups is 3. The normalized spacial score (nSPS) is 12.3. The van der Waals surface area contributed by atoms with Crippen LogP contribution < -0.4 is 5.73 Å². The Balaban J connectivity index is 0. The van der Waals surface area contributed by atoms with Crippen LogP contribution in [-0.4, -0.2) is 35.8 Å². The largest absolute Gasteiger partial charge is 0.463 e. The Morgan fingerprint density at radius 1 is 1.19 bits per heavy atom. The summed E-state index contributed by atoms with van der Waals surface area (Å²) in [6.07, 6.45) is 10.1. The lowest BCUT2D eigenvalue weighted by Gasteiger charge is -2.05. The van der Waals surface area contributed by atoms with E-state index < -0.39 is 5.91 Å². The number of hydrogen-bond acceptors (Lipinski definition) is 4. The van der Waals surface area contributed by atoms with E-state index in [1.54, 1.807) is 11.1 Å². The minimum absolute atomic E-state index is 0.208. The number of ether oxygens (including phenoxy) is 1. The van der Waals surface area contributed by atoms with Gasteiger partial charge in [-0.05, 0) is 31.0 Å². The van der Waals surface area contributed by atoms with Gasteiger partial charge in [0.05, 0.1) is 6.61 Å². The van der Waals surface area contributed by atoms with Crippen molar-refractivity contribution in [3.8, 4) is 0 Å². The molecule has 1 fully saturated rings. The lowest BCUT2D eigenvalue weighted by molar-refractivity contribution is -0.137. The second-order valence-corrected chi connectivity index (χ2v) is 6.09. The number of likely N-dealkylation sites (tertiary alicyclic amines) is 1. The molecule has 0 aromatic heterocycles. The van der Waals surface area contributed by atoms with Crippen molar-refractivity contribution >= 4 is 17.8 Å². The summed E-state index contributed by atoms with van der Waals surface area (Å²) >= 11 is 0. The first kappa shape index (κ1) is 25.9. The summed E-state index contributed by atoms with van der Waals surface area (Å²) in [4.78, 5) is 32.4. The molecule has 2 N–H and O–H groups in total. The maximum atomic E-state index is 10.7. The molecule has 0 aliphatic carbocycles. The number of primary amides is 1. The summed E-state index contributed by atoms with van der Waals surface area (Å²) in [5, 5.41) is 0. The molecule has 1 saturated heterocycles. The first-order valence-corrected chi connectivity index (χ1v) is 8.91. The van der Waals surface area contributed by atoms with Crippen LogP contribution in [0, 0.1) is 5.92 Å². The Morgan fingerprint density at radius 3 is 2.15 bits per heavy atom. The predicted octanol–water partition coefficient (Wildman–Crippen LogP) is 3.34. The standard InChI is InChI=1S/C11H20O2.C6H9NO.C3H5NO/c1-4-11(12)13-9-7-5-6-8-10(2)3;1-2-7-5-3-4-6(7)8;1-2-3(4)5/h4,10H,1,5-9H2,2-3H3;2H,1,3-5H2;2H,1H2,(H2,4,5). The van der Waals surface area contributed by atoms with Crippen LogP contribution in [-0.2, 0) is 19.1 Å². The van der Waals surface area contributed by atoms with Crippen LogP contribution >= 0.6 is 0 Å². The van der Waals surface area contributed by atoms with E-state index in [4.69, 9.17) is 4.74 Å². The summed E-state index contributed by atoms with van der Waals surface area (Å²) in [6.45, 7) is 15.7. The highest BCUT2D eigenvalue weighted by Gasteiger charge is 2.16. The zero-order chi connectivity index (χ0) is 20.4. The highest BCUT2D eigenvalue weighted by atomic mass is 16.5. The first-order valence-electron chi connectivity index (χ1n) is 8.91. The van der Waals surface area contributed by atoms with Crippen molar-refractivity contribution in [1.29, 1.82) is 0 Å². The summed E-state index contributed by atoms with van der Waals surface area (Å²) in [5.41, 5.74) is 4.53. The molecule has 0 aromatic carbocycles. The van der Waals surface area contributed by atoms with E-state index in [2.05, 4.69) is 39.3 Å². The second kappa shape index (κ2) is 17.5. The third-order valence-electron chi connectivity index (χ3n) is 3.37. The molecule has 2 amide bonds. The number of rotatable bonds is 9. The average Bonchev–Trinajstić information content (AvgIpc) is 3.03. The molecule has 0 saturated carbocycles. The fraction of sp³-hybridized carbons (Fsp3) is 0.550. The van der Waals surface area contributed by atoms with Crippen molar-refractivity contribution in [1.82, 2.24) is 4.90 Å². The van der Waals surface area contributed by atoms with Crippen LogP contribution in [0.1, 0.15) is 52.4 Å². The lowest BCUT2D eigenvalue weighted by Crippen LogP contribution is -2.16. The van der Waals surface area contributed by atoms with Crippen molar-refractivity contribution in [2.24, 2.45) is 11.7 Å². The summed E-state index contributed by atoms with van der Waals surface area (Å²) < 4.78 is 4.84. The molecule has 0 bridgehead atoms. The number of carbonyl (C=O) groups excluding carboxylic acids is 3. The monoisotopic (exact) mass is 366 g/mol. The number of nitrogens with zero attached hydrogens (tertiary/aromatic N) is 1. The zero-order valence-corrected chi connectivity index (χ0v) is 16.2. The molecule has 0 atom stereocenters. The molecule has 1 aliphatic rings. The number of hydrogen-bond donors (Lipinski definition) is 1. The lowest BCUT2D eigenvalue weighted by atomic mass is 10.1. The van der Waals surface area contributed by atoms with Gasteiger partial charge in [0.2, 0.25) is 11.8 Å². The topological polar surface area (TPSA) is 89.7 Å². The number of amides is 2. The van der Waals surface area contributed by atoms with Crippen molar-refractivity contribution in [2.45, 2.75) is 52.4 Å². The smallest absolute Gasteiger partial charge is 0.330 e. The molecule has 148 valence electrons. The SMILES string of the molecule is C=CC(=O)OCCCCCC(C)C.C=CC(N)=O.C=CN1CCCC1=O. The number of unbranched alkanes of at least 4 members (excludes halogenated alkanes) is 2. The van der Waals surface area contributed by atoms with Crippen molar-refractivity contribution in [2.75, 3.05) is 13.2 Å². The van der Waals surface area contributed by atoms with E-state index >= 15 is 0 Å². The average molecular weight is 367 g/mol. The molecule has 6 nitrogen and oxygen atoms in total. The van der Waals surface area contributed by atoms with Gasteiger partial charge < -0.3 is 15.4 Å². The van der Waals surface area contributed by atoms with Gasteiger partial charge in [0, 0.05) is 19.0 Å². The van der Waals surface area contributed by atoms with Gasteiger partial charge in [-0.25, -0.2) is 4.79 Å². The van der Waals surface area contributed by atoms with E-state index in [0.29, 0.717) is 13.0 Å². The third-order valence-corrected chi connectivity index (χ3v) is 3.37. The maximum absolute atomic E-state index is 10.7. The van der Waals surface area contributed by atoms with Crippen molar-refractivity contribution in [3.63, 3.8) is 0 Å². The van der Waals surface area contributed by atoms with Gasteiger partial charge >= 0.3 is 5.97 Å². The second-order valence-electron chi connectivity index (χ2n) is 6.09. The molecule has 0 aromatic rings. The number of nitrogens with two attached hydrogens (primary N) is 1. The maximum Gasteiger partial charge on any atom is 0.330 e. The van der Waals surface area contributed by atoms with Gasteiger partial charge in [-0.3, -0.25) is 9.59 Å². The van der Waals surface area contributed by atoms with Crippen molar-refractivity contribution < 1.29 is 19.1 Å². The zero-order valence-electron chi connectivity index (χ0n) is 16.2. The van der Waals surface area contributed by atoms with E-state index in [1.165, 1.54) is 18.9 Å². The van der Waals surface area contributed by atoms with Gasteiger partial charge in [-0.2, -0.15) is 0 Å². The van der Waals surface area contributed by atoms with Crippen LogP contribution in [0.15, 0.2) is 38.1 Å². The molecule has 1 heterocycles. The van der Waals surface area contributed by atoms with Crippen LogP contribution in [0.4, 0.5) is 0 Å². The molecule has 26 heavy (non-hydrogen) atoms. The Hall–Kier alpha value is -2.37. The molecule has 1 aliphatic heterocycles. The van der Waals surface area contributed by atoms with Crippen molar-refractivity contribution in [3.05, 3.63) is 38.1 Å². The van der Waals surface area contributed by atoms with E-state index in [9.17, 15) is 14.4 Å². The minimum Gasteiger partial charge on any atom is -0.463 e. The van der Waals surface area contributed by atoms with Crippen LogP contribution in [0.2, 0.25) is 0 Å². The fourth-order valence-electron chi connectivity index (χ4n) is 1.93. The first-order chi connectivity index (χ1) is 12.3. The Labute approximate surface area is 157 Å². The Bertz CT molecular complexity index is 459. The summed E-state index contributed by atoms with van der Waals surface area (Å²) in [6, 6.07) is 0.